The summed E-state index contributed by atoms with van der Waals surface area (Å²) >= 11 is 0. The van der Waals surface area contributed by atoms with Gasteiger partial charge in [-0.3, -0.25) is 19.3 Å². The van der Waals surface area contributed by atoms with Crippen LogP contribution in [-0.2, 0) is 9.59 Å². The summed E-state index contributed by atoms with van der Waals surface area (Å²) in [7, 11) is 0. The molecular formula is C19H24N4O4. The maximum atomic E-state index is 12.6. The minimum atomic E-state index is -0.825. The Morgan fingerprint density at radius 2 is 1.96 bits per heavy atom. The molecule has 27 heavy (non-hydrogen) atoms. The summed E-state index contributed by atoms with van der Waals surface area (Å²) in [5.74, 6) is -1.03. The van der Waals surface area contributed by atoms with E-state index < -0.39 is 17.5 Å². The van der Waals surface area contributed by atoms with Crippen LogP contribution in [0.15, 0.2) is 24.3 Å². The second-order valence-corrected chi connectivity index (χ2v) is 7.00. The fourth-order valence-electron chi connectivity index (χ4n) is 3.56. The van der Waals surface area contributed by atoms with Gasteiger partial charge in [-0.25, -0.2) is 4.79 Å². The lowest BCUT2D eigenvalue weighted by atomic mass is 9.98. The van der Waals surface area contributed by atoms with Crippen LogP contribution in [0.4, 0.5) is 10.5 Å². The number of imide groups is 1. The molecule has 8 heteroatoms. The van der Waals surface area contributed by atoms with Crippen LogP contribution in [0.25, 0.3) is 0 Å². The van der Waals surface area contributed by atoms with Crippen LogP contribution in [0.2, 0.25) is 0 Å². The van der Waals surface area contributed by atoms with Crippen molar-refractivity contribution in [3.8, 4) is 0 Å². The van der Waals surface area contributed by atoms with E-state index in [0.29, 0.717) is 30.6 Å². The average molecular weight is 372 g/mol. The SMILES string of the molecule is CCCNC(=O)c1cccc(NC(=O)CN2C(=O)NC3(CCCC3)C2=O)c1. The van der Waals surface area contributed by atoms with Crippen molar-refractivity contribution in [2.75, 3.05) is 18.4 Å². The van der Waals surface area contributed by atoms with Crippen molar-refractivity contribution in [1.82, 2.24) is 15.5 Å². The summed E-state index contributed by atoms with van der Waals surface area (Å²) in [6.45, 7) is 2.18. The molecule has 1 saturated carbocycles. The number of hydrogen-bond donors (Lipinski definition) is 3. The lowest BCUT2D eigenvalue weighted by Crippen LogP contribution is -2.44. The van der Waals surface area contributed by atoms with Gasteiger partial charge in [-0.2, -0.15) is 0 Å². The predicted octanol–water partition coefficient (Wildman–Crippen LogP) is 1.63. The zero-order chi connectivity index (χ0) is 19.4. The molecule has 2 aliphatic rings. The van der Waals surface area contributed by atoms with Gasteiger partial charge in [0, 0.05) is 17.8 Å². The van der Waals surface area contributed by atoms with E-state index in [4.69, 9.17) is 0 Å². The van der Waals surface area contributed by atoms with Gasteiger partial charge in [0.1, 0.15) is 12.1 Å². The summed E-state index contributed by atoms with van der Waals surface area (Å²) in [5.41, 5.74) is 0.0437. The van der Waals surface area contributed by atoms with Gasteiger partial charge in [0.15, 0.2) is 0 Å². The molecule has 5 amide bonds. The first kappa shape index (κ1) is 18.9. The van der Waals surface area contributed by atoms with Crippen LogP contribution in [-0.4, -0.2) is 47.3 Å². The number of rotatable bonds is 6. The highest BCUT2D eigenvalue weighted by molar-refractivity contribution is 6.10. The summed E-state index contributed by atoms with van der Waals surface area (Å²) in [5, 5.41) is 8.16. The first-order valence-corrected chi connectivity index (χ1v) is 9.27. The summed E-state index contributed by atoms with van der Waals surface area (Å²) in [6, 6.07) is 6.01. The summed E-state index contributed by atoms with van der Waals surface area (Å²) < 4.78 is 0. The number of hydrogen-bond acceptors (Lipinski definition) is 4. The Morgan fingerprint density at radius 1 is 1.22 bits per heavy atom. The Morgan fingerprint density at radius 3 is 2.67 bits per heavy atom. The van der Waals surface area contributed by atoms with E-state index in [-0.39, 0.29) is 18.4 Å². The number of carbonyl (C=O) groups is 4. The number of anilines is 1. The molecule has 1 spiro atoms. The van der Waals surface area contributed by atoms with E-state index in [2.05, 4.69) is 16.0 Å². The van der Waals surface area contributed by atoms with Gasteiger partial charge in [-0.1, -0.05) is 25.8 Å². The van der Waals surface area contributed by atoms with E-state index in [1.807, 2.05) is 6.92 Å². The van der Waals surface area contributed by atoms with E-state index in [0.717, 1.165) is 24.2 Å². The molecule has 0 bridgehead atoms. The highest BCUT2D eigenvalue weighted by atomic mass is 16.2. The Bertz CT molecular complexity index is 771. The standard InChI is InChI=1S/C19H24N4O4/c1-2-10-20-16(25)13-6-5-7-14(11-13)21-15(24)12-23-17(26)19(22-18(23)27)8-3-4-9-19/h5-7,11H,2-4,8-10,12H2,1H3,(H,20,25)(H,21,24)(H,22,27). The normalized spacial score (nSPS) is 17.9. The van der Waals surface area contributed by atoms with Gasteiger partial charge < -0.3 is 16.0 Å². The average Bonchev–Trinajstić information content (AvgIpc) is 3.21. The minimum Gasteiger partial charge on any atom is -0.352 e. The third kappa shape index (κ3) is 3.94. The van der Waals surface area contributed by atoms with Gasteiger partial charge in [0.05, 0.1) is 0 Å². The van der Waals surface area contributed by atoms with Crippen LogP contribution < -0.4 is 16.0 Å². The second-order valence-electron chi connectivity index (χ2n) is 7.00. The minimum absolute atomic E-state index is 0.217. The quantitative estimate of drug-likeness (QED) is 0.660. The molecule has 1 aromatic carbocycles. The molecule has 3 N–H and O–H groups in total. The van der Waals surface area contributed by atoms with Crippen LogP contribution >= 0.6 is 0 Å². The number of carbonyl (C=O) groups excluding carboxylic acids is 4. The Balaban J connectivity index is 1.62. The first-order chi connectivity index (χ1) is 12.9. The lowest BCUT2D eigenvalue weighted by molar-refractivity contribution is -0.133. The molecule has 1 heterocycles. The fourth-order valence-corrected chi connectivity index (χ4v) is 3.56. The number of urea groups is 1. The van der Waals surface area contributed by atoms with Crippen LogP contribution in [0.1, 0.15) is 49.4 Å². The molecule has 3 rings (SSSR count). The highest BCUT2D eigenvalue weighted by Crippen LogP contribution is 2.34. The van der Waals surface area contributed by atoms with Crippen molar-refractivity contribution in [3.63, 3.8) is 0 Å². The topological polar surface area (TPSA) is 108 Å². The monoisotopic (exact) mass is 372 g/mol. The van der Waals surface area contributed by atoms with Gasteiger partial charge in [-0.05, 0) is 37.5 Å². The van der Waals surface area contributed by atoms with E-state index in [1.165, 1.54) is 0 Å². The Labute approximate surface area is 157 Å². The molecule has 144 valence electrons. The highest BCUT2D eigenvalue weighted by Gasteiger charge is 2.52. The number of nitrogens with one attached hydrogen (secondary N) is 3. The Hall–Kier alpha value is -2.90. The van der Waals surface area contributed by atoms with Crippen molar-refractivity contribution in [2.24, 2.45) is 0 Å². The fraction of sp³-hybridized carbons (Fsp3) is 0.474. The van der Waals surface area contributed by atoms with Crippen LogP contribution in [0.5, 0.6) is 0 Å². The van der Waals surface area contributed by atoms with Gasteiger partial charge in [-0.15, -0.1) is 0 Å². The predicted molar refractivity (Wildman–Crippen MR) is 99.1 cm³/mol. The molecule has 2 fully saturated rings. The molecule has 0 unspecified atom stereocenters. The molecule has 0 atom stereocenters. The molecule has 1 aliphatic carbocycles. The largest absolute Gasteiger partial charge is 0.352 e. The molecule has 8 nitrogen and oxygen atoms in total. The first-order valence-electron chi connectivity index (χ1n) is 9.27. The maximum absolute atomic E-state index is 12.6. The third-order valence-electron chi connectivity index (χ3n) is 4.95. The van der Waals surface area contributed by atoms with Crippen molar-refractivity contribution >= 4 is 29.4 Å². The lowest BCUT2D eigenvalue weighted by Gasteiger charge is -2.19. The molecule has 0 aromatic heterocycles. The molecule has 1 saturated heterocycles. The summed E-state index contributed by atoms with van der Waals surface area (Å²) in [6.07, 6.45) is 3.84. The Kier molecular flexibility index (Phi) is 5.43. The number of amides is 5. The van der Waals surface area contributed by atoms with Crippen molar-refractivity contribution in [3.05, 3.63) is 29.8 Å². The van der Waals surface area contributed by atoms with Crippen molar-refractivity contribution in [2.45, 2.75) is 44.6 Å². The van der Waals surface area contributed by atoms with Crippen molar-refractivity contribution < 1.29 is 19.2 Å². The maximum Gasteiger partial charge on any atom is 0.325 e. The number of nitrogens with zero attached hydrogens (tertiary/aromatic N) is 1. The van der Waals surface area contributed by atoms with Gasteiger partial charge >= 0.3 is 6.03 Å². The van der Waals surface area contributed by atoms with E-state index >= 15 is 0 Å². The number of benzene rings is 1. The van der Waals surface area contributed by atoms with Crippen molar-refractivity contribution in [1.29, 1.82) is 0 Å². The molecule has 1 aromatic rings. The zero-order valence-corrected chi connectivity index (χ0v) is 15.3. The van der Waals surface area contributed by atoms with Gasteiger partial charge in [0.25, 0.3) is 11.8 Å². The zero-order valence-electron chi connectivity index (χ0n) is 15.3. The smallest absolute Gasteiger partial charge is 0.325 e. The molecule has 0 radical (unpaired) electrons. The second kappa shape index (κ2) is 7.77. The van der Waals surface area contributed by atoms with Gasteiger partial charge in [0.2, 0.25) is 5.91 Å². The third-order valence-corrected chi connectivity index (χ3v) is 4.95. The summed E-state index contributed by atoms with van der Waals surface area (Å²) in [4.78, 5) is 50.0. The van der Waals surface area contributed by atoms with Crippen LogP contribution in [0.3, 0.4) is 0 Å². The van der Waals surface area contributed by atoms with Crippen LogP contribution in [0, 0.1) is 0 Å². The molecular weight excluding hydrogens is 348 g/mol. The van der Waals surface area contributed by atoms with E-state index in [9.17, 15) is 19.2 Å². The molecule has 1 aliphatic heterocycles. The van der Waals surface area contributed by atoms with E-state index in [1.54, 1.807) is 24.3 Å².